The summed E-state index contributed by atoms with van der Waals surface area (Å²) in [4.78, 5) is 20.9. The van der Waals surface area contributed by atoms with Crippen molar-refractivity contribution in [3.63, 3.8) is 0 Å². The van der Waals surface area contributed by atoms with Crippen LogP contribution in [0, 0.1) is 0 Å². The third-order valence-electron chi connectivity index (χ3n) is 0.945. The molecule has 5 nitrogen and oxygen atoms in total. The first kappa shape index (κ1) is 11.7. The van der Waals surface area contributed by atoms with E-state index in [1.807, 2.05) is 0 Å². The minimum atomic E-state index is -4.21. The van der Waals surface area contributed by atoms with E-state index in [-0.39, 0.29) is 10.8 Å². The van der Waals surface area contributed by atoms with Gasteiger partial charge < -0.3 is 0 Å². The highest BCUT2D eigenvalue weighted by atomic mass is 35.7. The lowest BCUT2D eigenvalue weighted by molar-refractivity contribution is -0.137. The quantitative estimate of drug-likeness (QED) is 0.512. The molecule has 0 fully saturated rings. The number of halogens is 2. The van der Waals surface area contributed by atoms with Crippen molar-refractivity contribution in [1.29, 1.82) is 0 Å². The number of hydrogen-bond donors (Lipinski definition) is 0. The van der Waals surface area contributed by atoms with Crippen LogP contribution in [0.1, 0.15) is 6.92 Å². The summed E-state index contributed by atoms with van der Waals surface area (Å²) < 4.78 is 21.3. The molecule has 0 radical (unpaired) electrons. The van der Waals surface area contributed by atoms with Crippen molar-refractivity contribution in [1.82, 2.24) is 4.31 Å². The van der Waals surface area contributed by atoms with Crippen LogP contribution in [0.5, 0.6) is 0 Å². The molecule has 0 bridgehead atoms. The van der Waals surface area contributed by atoms with E-state index in [9.17, 15) is 18.0 Å². The third kappa shape index (κ3) is 2.96. The van der Waals surface area contributed by atoms with Crippen molar-refractivity contribution in [3.8, 4) is 0 Å². The monoisotopic (exact) mass is 233 g/mol. The maximum absolute atomic E-state index is 10.7. The molecular formula is C4H5Cl2NO4S. The molecule has 1 amide bonds. The molecule has 0 heterocycles. The number of likely N-dealkylation sites (N-methyl/N-ethyl adjacent to an activating group) is 1. The zero-order valence-corrected chi connectivity index (χ0v) is 8.28. The van der Waals surface area contributed by atoms with E-state index >= 15 is 0 Å². The topological polar surface area (TPSA) is 71.5 Å². The summed E-state index contributed by atoms with van der Waals surface area (Å²) in [6, 6.07) is 0. The van der Waals surface area contributed by atoms with Crippen LogP contribution in [0.3, 0.4) is 0 Å². The van der Waals surface area contributed by atoms with Crippen molar-refractivity contribution in [2.24, 2.45) is 0 Å². The van der Waals surface area contributed by atoms with Gasteiger partial charge in [0.2, 0.25) is 0 Å². The summed E-state index contributed by atoms with van der Waals surface area (Å²) in [5, 5.41) is -1.39. The molecule has 0 spiro atoms. The van der Waals surface area contributed by atoms with Gasteiger partial charge in [-0.05, 0) is 18.5 Å². The Bertz CT molecular complexity index is 298. The summed E-state index contributed by atoms with van der Waals surface area (Å²) >= 11 is 4.75. The average molecular weight is 234 g/mol. The summed E-state index contributed by atoms with van der Waals surface area (Å²) in [6.07, 6.45) is 0. The van der Waals surface area contributed by atoms with Crippen LogP contribution in [-0.2, 0) is 18.8 Å². The fourth-order valence-corrected chi connectivity index (χ4v) is 1.72. The van der Waals surface area contributed by atoms with Crippen LogP contribution in [0.4, 0.5) is 0 Å². The maximum atomic E-state index is 10.7. The molecule has 12 heavy (non-hydrogen) atoms. The predicted molar refractivity (Wildman–Crippen MR) is 43.0 cm³/mol. The molecule has 70 valence electrons. The molecule has 0 aliphatic heterocycles. The molecule has 0 N–H and O–H groups in total. The van der Waals surface area contributed by atoms with Gasteiger partial charge in [0.1, 0.15) is 0 Å². The highest BCUT2D eigenvalue weighted by Gasteiger charge is 2.27. The molecule has 0 saturated heterocycles. The van der Waals surface area contributed by atoms with E-state index in [1.165, 1.54) is 6.92 Å². The number of nitrogens with zero attached hydrogens (tertiary/aromatic N) is 1. The van der Waals surface area contributed by atoms with Gasteiger partial charge in [-0.25, -0.2) is 4.31 Å². The molecule has 8 heteroatoms. The SMILES string of the molecule is CCN(C(=O)C(=O)Cl)S(=O)(=O)Cl. The van der Waals surface area contributed by atoms with Crippen molar-refractivity contribution >= 4 is 42.7 Å². The van der Waals surface area contributed by atoms with Gasteiger partial charge in [-0.1, -0.05) is 0 Å². The molecule has 0 atom stereocenters. The third-order valence-corrected chi connectivity index (χ3v) is 2.56. The number of carbonyl (C=O) groups is 2. The Balaban J connectivity index is 4.83. The zero-order chi connectivity index (χ0) is 9.94. The number of hydrogen-bond acceptors (Lipinski definition) is 4. The molecule has 0 unspecified atom stereocenters. The van der Waals surface area contributed by atoms with Crippen LogP contribution >= 0.6 is 22.3 Å². The average Bonchev–Trinajstić information content (AvgIpc) is 1.85. The summed E-state index contributed by atoms with van der Waals surface area (Å²) in [6.45, 7) is 1.11. The van der Waals surface area contributed by atoms with Crippen LogP contribution < -0.4 is 0 Å². The van der Waals surface area contributed by atoms with Crippen LogP contribution in [0.25, 0.3) is 0 Å². The van der Waals surface area contributed by atoms with Gasteiger partial charge in [0.15, 0.2) is 0 Å². The number of carbonyl (C=O) groups excluding carboxylic acids is 2. The smallest absolute Gasteiger partial charge is 0.270 e. The van der Waals surface area contributed by atoms with E-state index in [2.05, 4.69) is 0 Å². The van der Waals surface area contributed by atoms with E-state index in [4.69, 9.17) is 22.3 Å². The predicted octanol–water partition coefficient (Wildman–Crippen LogP) is 0.0839. The van der Waals surface area contributed by atoms with Gasteiger partial charge in [0.05, 0.1) is 0 Å². The van der Waals surface area contributed by atoms with Crippen molar-refractivity contribution in [3.05, 3.63) is 0 Å². The highest BCUT2D eigenvalue weighted by molar-refractivity contribution is 8.12. The van der Waals surface area contributed by atoms with Gasteiger partial charge in [-0.2, -0.15) is 8.42 Å². The molecule has 0 aliphatic carbocycles. The second-order valence-electron chi connectivity index (χ2n) is 1.69. The van der Waals surface area contributed by atoms with Gasteiger partial charge in [0.25, 0.3) is 0 Å². The van der Waals surface area contributed by atoms with Gasteiger partial charge >= 0.3 is 20.4 Å². The fourth-order valence-electron chi connectivity index (χ4n) is 0.495. The maximum Gasteiger partial charge on any atom is 0.324 e. The molecular weight excluding hydrogens is 229 g/mol. The van der Waals surface area contributed by atoms with E-state index < -0.39 is 20.4 Å². The first-order valence-corrected chi connectivity index (χ1v) is 5.41. The van der Waals surface area contributed by atoms with E-state index in [1.54, 1.807) is 0 Å². The Kier molecular flexibility index (Phi) is 3.95. The second-order valence-corrected chi connectivity index (χ2v) is 4.46. The molecule has 0 aromatic carbocycles. The molecule has 0 rings (SSSR count). The van der Waals surface area contributed by atoms with Gasteiger partial charge in [-0.15, -0.1) is 0 Å². The minimum Gasteiger partial charge on any atom is -0.270 e. The van der Waals surface area contributed by atoms with Crippen molar-refractivity contribution in [2.45, 2.75) is 6.92 Å². The Morgan fingerprint density at radius 2 is 1.83 bits per heavy atom. The lowest BCUT2D eigenvalue weighted by Crippen LogP contribution is -2.36. The van der Waals surface area contributed by atoms with Gasteiger partial charge in [0, 0.05) is 17.2 Å². The Labute approximate surface area is 78.8 Å². The van der Waals surface area contributed by atoms with Crippen LogP contribution in [-0.4, -0.2) is 30.4 Å². The lowest BCUT2D eigenvalue weighted by atomic mass is 10.6. The van der Waals surface area contributed by atoms with E-state index in [0.29, 0.717) is 0 Å². The summed E-state index contributed by atoms with van der Waals surface area (Å²) in [5.74, 6) is -1.35. The molecule has 0 aromatic heterocycles. The molecule has 0 aromatic rings. The van der Waals surface area contributed by atoms with Crippen molar-refractivity contribution < 1.29 is 18.0 Å². The Morgan fingerprint density at radius 1 is 1.42 bits per heavy atom. The van der Waals surface area contributed by atoms with Crippen molar-refractivity contribution in [2.75, 3.05) is 6.54 Å². The first-order chi connectivity index (χ1) is 5.30. The highest BCUT2D eigenvalue weighted by Crippen LogP contribution is 2.07. The molecule has 0 aliphatic rings. The van der Waals surface area contributed by atoms with E-state index in [0.717, 1.165) is 0 Å². The standard InChI is InChI=1S/C4H5Cl2NO4S/c1-2-7(12(6,10)11)4(9)3(5)8/h2H2,1H3. The lowest BCUT2D eigenvalue weighted by Gasteiger charge is -2.12. The Hall–Kier alpha value is -0.330. The number of rotatable bonds is 3. The number of amides is 1. The zero-order valence-electron chi connectivity index (χ0n) is 5.95. The largest absolute Gasteiger partial charge is 0.324 e. The summed E-state index contributed by atoms with van der Waals surface area (Å²) in [7, 11) is 0.596. The molecule has 0 saturated carbocycles. The minimum absolute atomic E-state index is 0.171. The Morgan fingerprint density at radius 3 is 1.92 bits per heavy atom. The van der Waals surface area contributed by atoms with Crippen LogP contribution in [0.2, 0.25) is 0 Å². The normalized spacial score (nSPS) is 10.9. The second kappa shape index (κ2) is 4.06. The first-order valence-electron chi connectivity index (χ1n) is 2.76. The van der Waals surface area contributed by atoms with Crippen LogP contribution in [0.15, 0.2) is 0 Å². The summed E-state index contributed by atoms with van der Waals surface area (Å²) in [5.41, 5.74) is 0. The fraction of sp³-hybridized carbons (Fsp3) is 0.500. The van der Waals surface area contributed by atoms with Gasteiger partial charge in [-0.3, -0.25) is 9.59 Å².